The van der Waals surface area contributed by atoms with Gasteiger partial charge in [-0.2, -0.15) is 17.5 Å². The van der Waals surface area contributed by atoms with Crippen LogP contribution in [0.5, 0.6) is 0 Å². The minimum absolute atomic E-state index is 0.00139. The Balaban J connectivity index is 1.34. The average Bonchev–Trinajstić information content (AvgIpc) is 2.86. The molecule has 1 fully saturated rings. The highest BCUT2D eigenvalue weighted by atomic mass is 35.5. The van der Waals surface area contributed by atoms with E-state index < -0.39 is 27.7 Å². The van der Waals surface area contributed by atoms with Gasteiger partial charge in [-0.1, -0.05) is 41.4 Å². The third kappa shape index (κ3) is 6.51. The van der Waals surface area contributed by atoms with E-state index in [-0.39, 0.29) is 21.2 Å². The second-order valence-electron chi connectivity index (χ2n) is 8.84. The van der Waals surface area contributed by atoms with E-state index >= 15 is 0 Å². The van der Waals surface area contributed by atoms with Crippen LogP contribution in [0.2, 0.25) is 5.02 Å². The molecule has 0 aromatic heterocycles. The van der Waals surface area contributed by atoms with Crippen LogP contribution in [0, 0.1) is 6.92 Å². The highest BCUT2D eigenvalue weighted by molar-refractivity contribution is 7.89. The zero-order valence-electron chi connectivity index (χ0n) is 19.9. The van der Waals surface area contributed by atoms with Crippen LogP contribution >= 0.6 is 11.6 Å². The summed E-state index contributed by atoms with van der Waals surface area (Å²) in [7, 11) is -3.54. The Labute approximate surface area is 218 Å². The Morgan fingerprint density at radius 1 is 0.946 bits per heavy atom. The first-order valence-corrected chi connectivity index (χ1v) is 13.3. The molecule has 6 nitrogen and oxygen atoms in total. The Morgan fingerprint density at radius 2 is 1.57 bits per heavy atom. The zero-order chi connectivity index (χ0) is 26.8. The number of hydrogen-bond acceptors (Lipinski definition) is 4. The highest BCUT2D eigenvalue weighted by Gasteiger charge is 2.31. The molecule has 3 aromatic carbocycles. The van der Waals surface area contributed by atoms with Crippen molar-refractivity contribution in [3.8, 4) is 0 Å². The average molecular weight is 552 g/mol. The lowest BCUT2D eigenvalue weighted by molar-refractivity contribution is -0.137. The molecule has 1 N–H and O–H groups in total. The molecule has 0 saturated carbocycles. The molecule has 0 aliphatic carbocycles. The molecule has 1 saturated heterocycles. The monoisotopic (exact) mass is 551 g/mol. The molecule has 0 radical (unpaired) electrons. The smallest absolute Gasteiger partial charge is 0.321 e. The molecule has 196 valence electrons. The summed E-state index contributed by atoms with van der Waals surface area (Å²) in [6.07, 6.45) is -4.55. The molecule has 11 heteroatoms. The van der Waals surface area contributed by atoms with Gasteiger partial charge in [-0.15, -0.1) is 0 Å². The third-order valence-corrected chi connectivity index (χ3v) is 8.40. The van der Waals surface area contributed by atoms with Gasteiger partial charge in [0.15, 0.2) is 0 Å². The summed E-state index contributed by atoms with van der Waals surface area (Å²) in [5.41, 5.74) is 1.15. The van der Waals surface area contributed by atoms with Gasteiger partial charge in [0.2, 0.25) is 10.0 Å². The summed E-state index contributed by atoms with van der Waals surface area (Å²) in [5.74, 6) is -0.581. The van der Waals surface area contributed by atoms with E-state index in [4.69, 9.17) is 11.6 Å². The predicted molar refractivity (Wildman–Crippen MR) is 136 cm³/mol. The maximum absolute atomic E-state index is 13.0. The number of piperazine rings is 1. The van der Waals surface area contributed by atoms with E-state index in [1.807, 2.05) is 6.92 Å². The number of anilines is 1. The SMILES string of the molecule is Cc1ccc(S(=O)(=O)N2CCN(Cc3ccc(C(=O)Nc4cc(C(F)(F)F)ccc4Cl)cc3)CC2)cc1. The lowest BCUT2D eigenvalue weighted by atomic mass is 10.1. The van der Waals surface area contributed by atoms with Gasteiger partial charge in [0.1, 0.15) is 0 Å². The number of alkyl halides is 3. The van der Waals surface area contributed by atoms with Crippen LogP contribution in [-0.4, -0.2) is 49.7 Å². The van der Waals surface area contributed by atoms with Gasteiger partial charge in [0.25, 0.3) is 5.91 Å². The molecule has 3 aromatic rings. The fourth-order valence-electron chi connectivity index (χ4n) is 4.00. The van der Waals surface area contributed by atoms with Crippen LogP contribution in [0.25, 0.3) is 0 Å². The number of carbonyl (C=O) groups excluding carboxylic acids is 1. The number of rotatable bonds is 6. The number of hydrogen-bond donors (Lipinski definition) is 1. The normalized spacial score (nSPS) is 15.5. The van der Waals surface area contributed by atoms with Crippen molar-refractivity contribution in [2.75, 3.05) is 31.5 Å². The van der Waals surface area contributed by atoms with E-state index in [0.29, 0.717) is 32.7 Å². The summed E-state index contributed by atoms with van der Waals surface area (Å²) in [6.45, 7) is 4.32. The second kappa shape index (κ2) is 10.8. The third-order valence-electron chi connectivity index (χ3n) is 6.15. The first-order chi connectivity index (χ1) is 17.4. The number of sulfonamides is 1. The van der Waals surface area contributed by atoms with Gasteiger partial charge in [-0.05, 0) is 55.0 Å². The number of nitrogens with one attached hydrogen (secondary N) is 1. The fraction of sp³-hybridized carbons (Fsp3) is 0.269. The number of carbonyl (C=O) groups is 1. The van der Waals surface area contributed by atoms with Crippen molar-refractivity contribution in [3.63, 3.8) is 0 Å². The van der Waals surface area contributed by atoms with E-state index in [2.05, 4.69) is 10.2 Å². The van der Waals surface area contributed by atoms with Gasteiger partial charge in [-0.3, -0.25) is 9.69 Å². The van der Waals surface area contributed by atoms with Gasteiger partial charge in [0.05, 0.1) is 21.2 Å². The van der Waals surface area contributed by atoms with Crippen LogP contribution in [0.4, 0.5) is 18.9 Å². The number of amides is 1. The summed E-state index contributed by atoms with van der Waals surface area (Å²) in [4.78, 5) is 15.0. The van der Waals surface area contributed by atoms with Crippen LogP contribution in [0.3, 0.4) is 0 Å². The van der Waals surface area contributed by atoms with E-state index in [1.165, 1.54) is 4.31 Å². The molecule has 1 aliphatic heterocycles. The Bertz CT molecular complexity index is 1370. The van der Waals surface area contributed by atoms with Crippen molar-refractivity contribution in [1.29, 1.82) is 0 Å². The molecule has 0 atom stereocenters. The standard InChI is InChI=1S/C26H25ClF3N3O3S/c1-18-2-9-22(10-3-18)37(35,36)33-14-12-32(13-15-33)17-19-4-6-20(7-5-19)25(34)31-24-16-21(26(28,29)30)8-11-23(24)27/h2-11,16H,12-15,17H2,1H3,(H,31,34). The van der Waals surface area contributed by atoms with Crippen molar-refractivity contribution in [1.82, 2.24) is 9.21 Å². The largest absolute Gasteiger partial charge is 0.416 e. The van der Waals surface area contributed by atoms with Crippen LogP contribution in [0.15, 0.2) is 71.6 Å². The summed E-state index contributed by atoms with van der Waals surface area (Å²) in [5, 5.41) is 2.43. The highest BCUT2D eigenvalue weighted by Crippen LogP contribution is 2.34. The molecule has 4 rings (SSSR count). The molecule has 0 spiro atoms. The molecule has 0 bridgehead atoms. The van der Waals surface area contributed by atoms with Crippen LogP contribution in [-0.2, 0) is 22.7 Å². The lowest BCUT2D eigenvalue weighted by Crippen LogP contribution is -2.48. The predicted octanol–water partition coefficient (Wildman–Crippen LogP) is 5.43. The van der Waals surface area contributed by atoms with Gasteiger partial charge >= 0.3 is 6.18 Å². The van der Waals surface area contributed by atoms with Crippen molar-refractivity contribution in [2.45, 2.75) is 24.5 Å². The molecule has 1 heterocycles. The number of benzene rings is 3. The molecule has 1 amide bonds. The maximum atomic E-state index is 13.0. The van der Waals surface area contributed by atoms with Gasteiger partial charge in [0, 0.05) is 38.3 Å². The van der Waals surface area contributed by atoms with Crippen molar-refractivity contribution >= 4 is 33.2 Å². The van der Waals surface area contributed by atoms with E-state index in [0.717, 1.165) is 29.3 Å². The molecule has 37 heavy (non-hydrogen) atoms. The van der Waals surface area contributed by atoms with E-state index in [1.54, 1.807) is 48.5 Å². The number of nitrogens with zero attached hydrogens (tertiary/aromatic N) is 2. The number of halogens is 4. The van der Waals surface area contributed by atoms with Crippen molar-refractivity contribution in [2.24, 2.45) is 0 Å². The molecule has 0 unspecified atom stereocenters. The Kier molecular flexibility index (Phi) is 7.94. The van der Waals surface area contributed by atoms with Crippen LogP contribution in [0.1, 0.15) is 27.0 Å². The summed E-state index contributed by atoms with van der Waals surface area (Å²) < 4.78 is 66.2. The van der Waals surface area contributed by atoms with E-state index in [9.17, 15) is 26.4 Å². The first-order valence-electron chi connectivity index (χ1n) is 11.5. The van der Waals surface area contributed by atoms with Crippen molar-refractivity contribution < 1.29 is 26.4 Å². The second-order valence-corrected chi connectivity index (χ2v) is 11.2. The summed E-state index contributed by atoms with van der Waals surface area (Å²) in [6, 6.07) is 16.2. The van der Waals surface area contributed by atoms with Crippen LogP contribution < -0.4 is 5.32 Å². The fourth-order valence-corrected chi connectivity index (χ4v) is 5.59. The maximum Gasteiger partial charge on any atom is 0.416 e. The van der Waals surface area contributed by atoms with Gasteiger partial charge < -0.3 is 5.32 Å². The first kappa shape index (κ1) is 27.1. The minimum atomic E-state index is -4.55. The Morgan fingerprint density at radius 3 is 2.16 bits per heavy atom. The molecular weight excluding hydrogens is 527 g/mol. The summed E-state index contributed by atoms with van der Waals surface area (Å²) >= 11 is 5.96. The zero-order valence-corrected chi connectivity index (χ0v) is 21.5. The minimum Gasteiger partial charge on any atom is -0.321 e. The molecular formula is C26H25ClF3N3O3S. The number of aryl methyl sites for hydroxylation is 1. The van der Waals surface area contributed by atoms with Crippen molar-refractivity contribution in [3.05, 3.63) is 94.0 Å². The quantitative estimate of drug-likeness (QED) is 0.444. The lowest BCUT2D eigenvalue weighted by Gasteiger charge is -2.34. The van der Waals surface area contributed by atoms with Gasteiger partial charge in [-0.25, -0.2) is 8.42 Å². The Hall–Kier alpha value is -2.92. The topological polar surface area (TPSA) is 69.7 Å². The molecule has 1 aliphatic rings.